The number of carboxylic acids is 1. The molecule has 2 atom stereocenters. The topological polar surface area (TPSA) is 66.8 Å². The van der Waals surface area contributed by atoms with Gasteiger partial charge in [0, 0.05) is 21.2 Å². The van der Waals surface area contributed by atoms with Crippen molar-refractivity contribution in [3.63, 3.8) is 0 Å². The van der Waals surface area contributed by atoms with Gasteiger partial charge in [0.25, 0.3) is 0 Å². The normalized spacial score (nSPS) is 21.3. The van der Waals surface area contributed by atoms with Gasteiger partial charge < -0.3 is 9.84 Å². The lowest BCUT2D eigenvalue weighted by Crippen LogP contribution is -2.43. The number of rotatable bonds is 3. The number of carbonyl (C=O) groups excluding carboxylic acids is 1. The van der Waals surface area contributed by atoms with Gasteiger partial charge in [0.2, 0.25) is 0 Å². The molecular weight excluding hydrogens is 382 g/mol. The van der Waals surface area contributed by atoms with Crippen LogP contribution in [0.4, 0.5) is 4.79 Å². The molecule has 1 N–H and O–H groups in total. The number of nitrogens with zero attached hydrogens (tertiary/aromatic N) is 1. The van der Waals surface area contributed by atoms with Crippen LogP contribution in [0, 0.1) is 0 Å². The van der Waals surface area contributed by atoms with E-state index in [0.717, 1.165) is 9.37 Å². The highest BCUT2D eigenvalue weighted by atomic mass is 79.9. The molecule has 1 aliphatic rings. The highest BCUT2D eigenvalue weighted by Crippen LogP contribution is 2.34. The lowest BCUT2D eigenvalue weighted by molar-refractivity contribution is -0.142. The molecule has 5 nitrogen and oxygen atoms in total. The molecule has 1 heterocycles. The SMILES string of the molecule is CC(C)(C)OC(=O)N1C[C@@H](Sc2ccc(Br)cc2)C[C@H]1C(=O)O. The number of thioether (sulfide) groups is 1. The number of carbonyl (C=O) groups is 2. The monoisotopic (exact) mass is 401 g/mol. The number of hydrogen-bond donors (Lipinski definition) is 1. The van der Waals surface area contributed by atoms with Crippen molar-refractivity contribution in [3.8, 4) is 0 Å². The maximum atomic E-state index is 12.2. The molecule has 0 saturated carbocycles. The molecule has 1 amide bonds. The van der Waals surface area contributed by atoms with Crippen molar-refractivity contribution in [2.24, 2.45) is 0 Å². The van der Waals surface area contributed by atoms with Crippen LogP contribution in [0.3, 0.4) is 0 Å². The molecule has 126 valence electrons. The molecular formula is C16H20BrNO4S. The summed E-state index contributed by atoms with van der Waals surface area (Å²) in [4.78, 5) is 26.1. The van der Waals surface area contributed by atoms with Crippen molar-refractivity contribution >= 4 is 39.8 Å². The first-order chi connectivity index (χ1) is 10.7. The van der Waals surface area contributed by atoms with Crippen LogP contribution in [-0.4, -0.2) is 45.5 Å². The number of amides is 1. The summed E-state index contributed by atoms with van der Waals surface area (Å²) in [5, 5.41) is 9.42. The predicted molar refractivity (Wildman–Crippen MR) is 92.8 cm³/mol. The molecule has 0 unspecified atom stereocenters. The maximum absolute atomic E-state index is 12.2. The fraction of sp³-hybridized carbons (Fsp3) is 0.500. The first kappa shape index (κ1) is 18.1. The van der Waals surface area contributed by atoms with Gasteiger partial charge in [0.15, 0.2) is 0 Å². The molecule has 0 bridgehead atoms. The van der Waals surface area contributed by atoms with Crippen molar-refractivity contribution < 1.29 is 19.4 Å². The van der Waals surface area contributed by atoms with E-state index < -0.39 is 23.7 Å². The lowest BCUT2D eigenvalue weighted by atomic mass is 10.2. The fourth-order valence-corrected chi connectivity index (χ4v) is 3.80. The molecule has 23 heavy (non-hydrogen) atoms. The number of aliphatic carboxylic acids is 1. The number of halogens is 1. The molecule has 1 saturated heterocycles. The fourth-order valence-electron chi connectivity index (χ4n) is 2.34. The number of likely N-dealkylation sites (tertiary alicyclic amines) is 1. The Bertz CT molecular complexity index is 585. The zero-order valence-electron chi connectivity index (χ0n) is 13.3. The van der Waals surface area contributed by atoms with Crippen LogP contribution in [-0.2, 0) is 9.53 Å². The highest BCUT2D eigenvalue weighted by molar-refractivity contribution is 9.10. The molecule has 1 aromatic rings. The van der Waals surface area contributed by atoms with Gasteiger partial charge in [-0.3, -0.25) is 4.90 Å². The molecule has 7 heteroatoms. The Labute approximate surface area is 148 Å². The van der Waals surface area contributed by atoms with Gasteiger partial charge in [-0.2, -0.15) is 0 Å². The highest BCUT2D eigenvalue weighted by Gasteiger charge is 2.41. The summed E-state index contributed by atoms with van der Waals surface area (Å²) in [6.07, 6.45) is -0.154. The van der Waals surface area contributed by atoms with Gasteiger partial charge >= 0.3 is 12.1 Å². The number of hydrogen-bond acceptors (Lipinski definition) is 4. The third-order valence-corrected chi connectivity index (χ3v) is 5.04. The third-order valence-electron chi connectivity index (χ3n) is 3.29. The molecule has 0 radical (unpaired) electrons. The smallest absolute Gasteiger partial charge is 0.411 e. The summed E-state index contributed by atoms with van der Waals surface area (Å²) < 4.78 is 6.32. The average molecular weight is 402 g/mol. The quantitative estimate of drug-likeness (QED) is 0.828. The summed E-state index contributed by atoms with van der Waals surface area (Å²) in [6.45, 7) is 5.67. The van der Waals surface area contributed by atoms with Gasteiger partial charge in [0.05, 0.1) is 0 Å². The van der Waals surface area contributed by atoms with E-state index in [1.165, 1.54) is 4.90 Å². The van der Waals surface area contributed by atoms with Crippen molar-refractivity contribution in [1.82, 2.24) is 4.90 Å². The summed E-state index contributed by atoms with van der Waals surface area (Å²) in [5.74, 6) is -0.991. The number of benzene rings is 1. The van der Waals surface area contributed by atoms with Gasteiger partial charge in [0.1, 0.15) is 11.6 Å². The largest absolute Gasteiger partial charge is 0.480 e. The third kappa shape index (κ3) is 5.14. The second-order valence-electron chi connectivity index (χ2n) is 6.42. The Hall–Kier alpha value is -1.21. The van der Waals surface area contributed by atoms with Gasteiger partial charge in [-0.25, -0.2) is 9.59 Å². The van der Waals surface area contributed by atoms with Crippen LogP contribution in [0.5, 0.6) is 0 Å². The Morgan fingerprint density at radius 2 is 1.91 bits per heavy atom. The van der Waals surface area contributed by atoms with Crippen LogP contribution in [0.15, 0.2) is 33.6 Å². The summed E-state index contributed by atoms with van der Waals surface area (Å²) in [7, 11) is 0. The van der Waals surface area contributed by atoms with E-state index in [2.05, 4.69) is 15.9 Å². The molecule has 1 aromatic carbocycles. The molecule has 2 rings (SSSR count). The van der Waals surface area contributed by atoms with Crippen molar-refractivity contribution in [2.75, 3.05) is 6.54 Å². The molecule has 0 aliphatic carbocycles. The minimum absolute atomic E-state index is 0.0322. The lowest BCUT2D eigenvalue weighted by Gasteiger charge is -2.26. The number of ether oxygens (including phenoxy) is 1. The second kappa shape index (κ2) is 7.13. The molecule has 1 aliphatic heterocycles. The van der Waals surface area contributed by atoms with Crippen LogP contribution in [0.1, 0.15) is 27.2 Å². The van der Waals surface area contributed by atoms with Crippen LogP contribution in [0.2, 0.25) is 0 Å². The van der Waals surface area contributed by atoms with Crippen LogP contribution in [0.25, 0.3) is 0 Å². The zero-order chi connectivity index (χ0) is 17.2. The van der Waals surface area contributed by atoms with E-state index in [0.29, 0.717) is 13.0 Å². The first-order valence-electron chi connectivity index (χ1n) is 7.30. The second-order valence-corrected chi connectivity index (χ2v) is 8.71. The Kier molecular flexibility index (Phi) is 5.62. The molecule has 1 fully saturated rings. The Balaban J connectivity index is 2.06. The van der Waals surface area contributed by atoms with E-state index in [1.807, 2.05) is 24.3 Å². The maximum Gasteiger partial charge on any atom is 0.411 e. The van der Waals surface area contributed by atoms with Gasteiger partial charge in [-0.1, -0.05) is 15.9 Å². The molecule has 0 spiro atoms. The van der Waals surface area contributed by atoms with Gasteiger partial charge in [-0.15, -0.1) is 11.8 Å². The predicted octanol–water partition coefficient (Wildman–Crippen LogP) is 4.00. The zero-order valence-corrected chi connectivity index (χ0v) is 15.7. The Morgan fingerprint density at radius 3 is 2.43 bits per heavy atom. The van der Waals surface area contributed by atoms with Crippen molar-refractivity contribution in [1.29, 1.82) is 0 Å². The van der Waals surface area contributed by atoms with Crippen LogP contribution < -0.4 is 0 Å². The number of carboxylic acid groups (broad SMARTS) is 1. The van der Waals surface area contributed by atoms with E-state index in [1.54, 1.807) is 32.5 Å². The van der Waals surface area contributed by atoms with Crippen molar-refractivity contribution in [3.05, 3.63) is 28.7 Å². The average Bonchev–Trinajstić information content (AvgIpc) is 2.84. The van der Waals surface area contributed by atoms with E-state index in [9.17, 15) is 14.7 Å². The summed E-state index contributed by atoms with van der Waals surface area (Å²) in [5.41, 5.74) is -0.642. The van der Waals surface area contributed by atoms with E-state index in [-0.39, 0.29) is 5.25 Å². The minimum atomic E-state index is -0.991. The first-order valence-corrected chi connectivity index (χ1v) is 8.97. The van der Waals surface area contributed by atoms with E-state index >= 15 is 0 Å². The van der Waals surface area contributed by atoms with Crippen LogP contribution >= 0.6 is 27.7 Å². The minimum Gasteiger partial charge on any atom is -0.480 e. The summed E-state index contributed by atoms with van der Waals surface area (Å²) >= 11 is 4.97. The van der Waals surface area contributed by atoms with Gasteiger partial charge in [-0.05, 0) is 51.5 Å². The molecule has 0 aromatic heterocycles. The summed E-state index contributed by atoms with van der Waals surface area (Å²) in [6, 6.07) is 6.99. The van der Waals surface area contributed by atoms with E-state index in [4.69, 9.17) is 4.74 Å². The Morgan fingerprint density at radius 1 is 1.30 bits per heavy atom. The standard InChI is InChI=1S/C16H20BrNO4S/c1-16(2,3)22-15(21)18-9-12(8-13(18)14(19)20)23-11-6-4-10(17)5-7-11/h4-7,12-13H,8-9H2,1-3H3,(H,19,20)/t12-,13-/m0/s1. The van der Waals surface area contributed by atoms with Crippen molar-refractivity contribution in [2.45, 2.75) is 49.0 Å².